The number of rotatable bonds is 5. The molecular formula is C22H23BrN4O3. The van der Waals surface area contributed by atoms with E-state index >= 15 is 0 Å². The second kappa shape index (κ2) is 8.57. The number of halogens is 1. The Morgan fingerprint density at radius 2 is 1.83 bits per heavy atom. The zero-order valence-corrected chi connectivity index (χ0v) is 18.2. The van der Waals surface area contributed by atoms with Crippen LogP contribution in [0.2, 0.25) is 0 Å². The van der Waals surface area contributed by atoms with Crippen molar-refractivity contribution in [3.05, 3.63) is 58.6 Å². The first-order chi connectivity index (χ1) is 14.5. The molecule has 1 fully saturated rings. The van der Waals surface area contributed by atoms with Crippen LogP contribution in [0.1, 0.15) is 18.4 Å². The smallest absolute Gasteiger partial charge is 0.272 e. The normalized spacial score (nSPS) is 18.1. The number of hydrogen-bond acceptors (Lipinski definition) is 5. The van der Waals surface area contributed by atoms with Crippen molar-refractivity contribution >= 4 is 39.1 Å². The molecule has 7 nitrogen and oxygen atoms in total. The Morgan fingerprint density at radius 1 is 1.17 bits per heavy atom. The van der Waals surface area contributed by atoms with Gasteiger partial charge < -0.3 is 15.4 Å². The lowest BCUT2D eigenvalue weighted by Gasteiger charge is -2.36. The monoisotopic (exact) mass is 470 g/mol. The SMILES string of the molecule is COc1ccc(NC(=O)CN2CCC3(CC2)N=C(c2ccc(Br)cc2)C(=O)N3)cc1. The quantitative estimate of drug-likeness (QED) is 0.703. The average molecular weight is 471 g/mol. The molecule has 4 rings (SSSR count). The highest BCUT2D eigenvalue weighted by atomic mass is 79.9. The summed E-state index contributed by atoms with van der Waals surface area (Å²) in [4.78, 5) is 31.7. The predicted molar refractivity (Wildman–Crippen MR) is 119 cm³/mol. The number of likely N-dealkylation sites (tertiary alicyclic amines) is 1. The zero-order chi connectivity index (χ0) is 21.1. The predicted octanol–water partition coefficient (Wildman–Crippen LogP) is 2.81. The number of carbonyl (C=O) groups is 2. The third-order valence-electron chi connectivity index (χ3n) is 5.43. The summed E-state index contributed by atoms with van der Waals surface area (Å²) in [6.07, 6.45) is 1.35. The third kappa shape index (κ3) is 4.55. The molecule has 0 aromatic heterocycles. The average Bonchev–Trinajstić information content (AvgIpc) is 3.07. The van der Waals surface area contributed by atoms with Crippen molar-refractivity contribution in [2.75, 3.05) is 32.1 Å². The van der Waals surface area contributed by atoms with Crippen LogP contribution in [0, 0.1) is 0 Å². The molecule has 1 saturated heterocycles. The molecule has 8 heteroatoms. The summed E-state index contributed by atoms with van der Waals surface area (Å²) in [5.74, 6) is 0.546. The van der Waals surface area contributed by atoms with E-state index in [1.807, 2.05) is 48.5 Å². The highest BCUT2D eigenvalue weighted by molar-refractivity contribution is 9.10. The largest absolute Gasteiger partial charge is 0.497 e. The molecule has 2 aliphatic rings. The Bertz CT molecular complexity index is 965. The number of benzene rings is 2. The van der Waals surface area contributed by atoms with Crippen LogP contribution in [0.4, 0.5) is 5.69 Å². The Hall–Kier alpha value is -2.71. The van der Waals surface area contributed by atoms with Gasteiger partial charge in [-0.3, -0.25) is 19.5 Å². The molecule has 2 aromatic carbocycles. The fourth-order valence-electron chi connectivity index (χ4n) is 3.76. The maximum atomic E-state index is 12.5. The molecular weight excluding hydrogens is 448 g/mol. The van der Waals surface area contributed by atoms with Crippen molar-refractivity contribution in [1.82, 2.24) is 10.2 Å². The summed E-state index contributed by atoms with van der Waals surface area (Å²) in [6.45, 7) is 1.68. The summed E-state index contributed by atoms with van der Waals surface area (Å²) in [7, 11) is 1.61. The van der Waals surface area contributed by atoms with Crippen molar-refractivity contribution in [3.8, 4) is 5.75 Å². The van der Waals surface area contributed by atoms with Gasteiger partial charge in [-0.15, -0.1) is 0 Å². The van der Waals surface area contributed by atoms with Crippen LogP contribution in [-0.4, -0.2) is 54.8 Å². The number of methoxy groups -OCH3 is 1. The van der Waals surface area contributed by atoms with Gasteiger partial charge in [0.25, 0.3) is 5.91 Å². The van der Waals surface area contributed by atoms with Crippen molar-refractivity contribution in [2.45, 2.75) is 18.5 Å². The van der Waals surface area contributed by atoms with Crippen LogP contribution in [-0.2, 0) is 9.59 Å². The van der Waals surface area contributed by atoms with E-state index in [1.54, 1.807) is 7.11 Å². The van der Waals surface area contributed by atoms with Gasteiger partial charge in [0, 0.05) is 41.7 Å². The molecule has 30 heavy (non-hydrogen) atoms. The van der Waals surface area contributed by atoms with E-state index in [0.29, 0.717) is 38.2 Å². The summed E-state index contributed by atoms with van der Waals surface area (Å²) < 4.78 is 6.09. The van der Waals surface area contributed by atoms with Crippen LogP contribution >= 0.6 is 15.9 Å². The standard InChI is InChI=1S/C22H23BrN4O3/c1-30-18-8-6-17(7-9-18)24-19(28)14-27-12-10-22(11-13-27)25-20(21(29)26-22)15-2-4-16(23)5-3-15/h2-9H,10-14H2,1H3,(H,24,28)(H,26,29). The Morgan fingerprint density at radius 3 is 2.47 bits per heavy atom. The molecule has 0 aliphatic carbocycles. The molecule has 1 spiro atoms. The van der Waals surface area contributed by atoms with Gasteiger partial charge in [-0.25, -0.2) is 0 Å². The van der Waals surface area contributed by atoms with Gasteiger partial charge in [-0.05, 0) is 36.4 Å². The molecule has 0 radical (unpaired) electrons. The molecule has 0 unspecified atom stereocenters. The Balaban J connectivity index is 1.33. The van der Waals surface area contributed by atoms with Gasteiger partial charge >= 0.3 is 0 Å². The molecule has 156 valence electrons. The van der Waals surface area contributed by atoms with Crippen molar-refractivity contribution in [3.63, 3.8) is 0 Å². The number of nitrogens with one attached hydrogen (secondary N) is 2. The minimum absolute atomic E-state index is 0.0642. The first kappa shape index (κ1) is 20.6. The maximum Gasteiger partial charge on any atom is 0.272 e. The number of amides is 2. The molecule has 2 N–H and O–H groups in total. The van der Waals surface area contributed by atoms with E-state index < -0.39 is 5.66 Å². The number of ether oxygens (including phenoxy) is 1. The van der Waals surface area contributed by atoms with Crippen molar-refractivity contribution in [1.29, 1.82) is 0 Å². The third-order valence-corrected chi connectivity index (χ3v) is 5.96. The maximum absolute atomic E-state index is 12.5. The van der Waals surface area contributed by atoms with Gasteiger partial charge in [-0.1, -0.05) is 28.1 Å². The van der Waals surface area contributed by atoms with Gasteiger partial charge in [0.2, 0.25) is 5.91 Å². The van der Waals surface area contributed by atoms with Crippen molar-refractivity contribution < 1.29 is 14.3 Å². The van der Waals surface area contributed by atoms with Crippen LogP contribution in [0.15, 0.2) is 58.0 Å². The summed E-state index contributed by atoms with van der Waals surface area (Å²) >= 11 is 3.41. The van der Waals surface area contributed by atoms with Gasteiger partial charge in [0.05, 0.1) is 13.7 Å². The second-order valence-corrected chi connectivity index (χ2v) is 8.42. The van der Waals surface area contributed by atoms with Crippen LogP contribution in [0.5, 0.6) is 5.75 Å². The lowest BCUT2D eigenvalue weighted by atomic mass is 9.98. The fourth-order valence-corrected chi connectivity index (χ4v) is 4.03. The first-order valence-electron chi connectivity index (χ1n) is 9.81. The van der Waals surface area contributed by atoms with E-state index in [1.165, 1.54) is 0 Å². The topological polar surface area (TPSA) is 83.0 Å². The first-order valence-corrected chi connectivity index (χ1v) is 10.6. The molecule has 2 heterocycles. The highest BCUT2D eigenvalue weighted by Crippen LogP contribution is 2.29. The highest BCUT2D eigenvalue weighted by Gasteiger charge is 2.42. The number of carbonyl (C=O) groups excluding carboxylic acids is 2. The number of anilines is 1. The van der Waals surface area contributed by atoms with Crippen LogP contribution < -0.4 is 15.4 Å². The molecule has 2 aromatic rings. The number of piperidine rings is 1. The Labute approximate surface area is 183 Å². The molecule has 2 aliphatic heterocycles. The van der Waals surface area contributed by atoms with E-state index in [9.17, 15) is 9.59 Å². The fraction of sp³-hybridized carbons (Fsp3) is 0.318. The van der Waals surface area contributed by atoms with E-state index in [4.69, 9.17) is 9.73 Å². The summed E-state index contributed by atoms with van der Waals surface area (Å²) in [6, 6.07) is 14.8. The second-order valence-electron chi connectivity index (χ2n) is 7.51. The number of aliphatic imine (C=N–C) groups is 1. The Kier molecular flexibility index (Phi) is 5.87. The van der Waals surface area contributed by atoms with Crippen LogP contribution in [0.3, 0.4) is 0 Å². The molecule has 2 amide bonds. The van der Waals surface area contributed by atoms with E-state index in [0.717, 1.165) is 21.5 Å². The van der Waals surface area contributed by atoms with E-state index in [2.05, 4.69) is 31.5 Å². The zero-order valence-electron chi connectivity index (χ0n) is 16.7. The molecule has 0 bridgehead atoms. The van der Waals surface area contributed by atoms with Gasteiger partial charge in [0.15, 0.2) is 0 Å². The van der Waals surface area contributed by atoms with Crippen LogP contribution in [0.25, 0.3) is 0 Å². The lowest BCUT2D eigenvalue weighted by molar-refractivity contribution is -0.119. The minimum atomic E-state index is -0.567. The molecule has 0 saturated carbocycles. The number of nitrogens with zero attached hydrogens (tertiary/aromatic N) is 2. The van der Waals surface area contributed by atoms with E-state index in [-0.39, 0.29) is 11.8 Å². The van der Waals surface area contributed by atoms with Crippen molar-refractivity contribution in [2.24, 2.45) is 4.99 Å². The number of hydrogen-bond donors (Lipinski definition) is 2. The lowest BCUT2D eigenvalue weighted by Crippen LogP contribution is -2.52. The summed E-state index contributed by atoms with van der Waals surface area (Å²) in [5, 5.41) is 5.97. The van der Waals surface area contributed by atoms with Gasteiger partial charge in [-0.2, -0.15) is 0 Å². The molecule has 0 atom stereocenters. The van der Waals surface area contributed by atoms with Gasteiger partial charge in [0.1, 0.15) is 17.1 Å². The minimum Gasteiger partial charge on any atom is -0.497 e. The summed E-state index contributed by atoms with van der Waals surface area (Å²) in [5.41, 5.74) is 1.46.